The highest BCUT2D eigenvalue weighted by atomic mass is 16.2. The second kappa shape index (κ2) is 7.17. The number of anilines is 1. The van der Waals surface area contributed by atoms with Crippen molar-refractivity contribution in [2.45, 2.75) is 19.8 Å². The molecule has 3 rings (SSSR count). The number of amides is 1. The van der Waals surface area contributed by atoms with Crippen molar-refractivity contribution in [1.82, 2.24) is 4.98 Å². The van der Waals surface area contributed by atoms with Crippen molar-refractivity contribution < 1.29 is 9.59 Å². The van der Waals surface area contributed by atoms with E-state index in [1.807, 2.05) is 37.3 Å². The molecule has 5 nitrogen and oxygen atoms in total. The average Bonchev–Trinajstić information content (AvgIpc) is 3.06. The minimum Gasteiger partial charge on any atom is -0.312 e. The molecular formula is C19H19N3O2. The van der Waals surface area contributed by atoms with E-state index >= 15 is 0 Å². The van der Waals surface area contributed by atoms with Crippen LogP contribution in [0.5, 0.6) is 0 Å². The Morgan fingerprint density at radius 2 is 2.00 bits per heavy atom. The van der Waals surface area contributed by atoms with E-state index in [-0.39, 0.29) is 18.2 Å². The Morgan fingerprint density at radius 3 is 2.62 bits per heavy atom. The molecule has 122 valence electrons. The van der Waals surface area contributed by atoms with Crippen LogP contribution in [0.3, 0.4) is 0 Å². The zero-order valence-corrected chi connectivity index (χ0v) is 13.6. The lowest BCUT2D eigenvalue weighted by Crippen LogP contribution is -2.23. The van der Waals surface area contributed by atoms with Crippen molar-refractivity contribution in [1.29, 1.82) is 0 Å². The van der Waals surface area contributed by atoms with Gasteiger partial charge in [0.25, 0.3) is 0 Å². The van der Waals surface area contributed by atoms with Gasteiger partial charge >= 0.3 is 0 Å². The summed E-state index contributed by atoms with van der Waals surface area (Å²) >= 11 is 0. The summed E-state index contributed by atoms with van der Waals surface area (Å²) in [4.78, 5) is 34.3. The summed E-state index contributed by atoms with van der Waals surface area (Å²) in [6.07, 6.45) is 3.19. The standard InChI is InChI=1S/C19H19N3O2/c1-14(17-5-2-3-11-20-17)21-13-18(23)15-7-9-16(10-8-15)22-12-4-6-19(22)24/h2-3,5,7-11H,4,6,12-13H2,1H3. The molecule has 1 aromatic heterocycles. The van der Waals surface area contributed by atoms with Gasteiger partial charge in [-0.05, 0) is 49.7 Å². The third-order valence-electron chi connectivity index (χ3n) is 4.07. The Bertz CT molecular complexity index is 767. The van der Waals surface area contributed by atoms with E-state index in [2.05, 4.69) is 9.98 Å². The summed E-state index contributed by atoms with van der Waals surface area (Å²) in [6.45, 7) is 2.68. The molecule has 1 aliphatic rings. The van der Waals surface area contributed by atoms with Gasteiger partial charge in [0.2, 0.25) is 5.91 Å². The van der Waals surface area contributed by atoms with E-state index in [9.17, 15) is 9.59 Å². The van der Waals surface area contributed by atoms with Crippen LogP contribution in [-0.4, -0.2) is 35.5 Å². The first-order valence-electron chi connectivity index (χ1n) is 8.01. The number of Topliss-reactive ketones (excluding diaryl/α,β-unsaturated/α-hetero) is 1. The summed E-state index contributed by atoms with van der Waals surface area (Å²) in [5.74, 6) is 0.0919. The Labute approximate surface area is 141 Å². The number of carbonyl (C=O) groups excluding carboxylic acids is 2. The summed E-state index contributed by atoms with van der Waals surface area (Å²) in [7, 11) is 0. The molecule has 1 aliphatic heterocycles. The fourth-order valence-electron chi connectivity index (χ4n) is 2.69. The zero-order chi connectivity index (χ0) is 16.9. The minimum atomic E-state index is -0.0513. The Kier molecular flexibility index (Phi) is 4.79. The highest BCUT2D eigenvalue weighted by molar-refractivity contribution is 6.02. The van der Waals surface area contributed by atoms with Gasteiger partial charge in [-0.15, -0.1) is 0 Å². The summed E-state index contributed by atoms with van der Waals surface area (Å²) in [6, 6.07) is 12.8. The van der Waals surface area contributed by atoms with Crippen LogP contribution in [-0.2, 0) is 4.79 Å². The maximum Gasteiger partial charge on any atom is 0.227 e. The molecule has 2 aromatic rings. The van der Waals surface area contributed by atoms with E-state index < -0.39 is 0 Å². The first-order valence-corrected chi connectivity index (χ1v) is 8.01. The first-order chi connectivity index (χ1) is 11.6. The monoisotopic (exact) mass is 321 g/mol. The second-order valence-corrected chi connectivity index (χ2v) is 5.74. The predicted molar refractivity (Wildman–Crippen MR) is 93.7 cm³/mol. The number of rotatable bonds is 5. The molecular weight excluding hydrogens is 302 g/mol. The maximum absolute atomic E-state index is 12.3. The lowest BCUT2D eigenvalue weighted by Gasteiger charge is -2.15. The zero-order valence-electron chi connectivity index (χ0n) is 13.6. The van der Waals surface area contributed by atoms with Crippen molar-refractivity contribution in [3.05, 3.63) is 59.9 Å². The molecule has 0 aliphatic carbocycles. The van der Waals surface area contributed by atoms with Crippen molar-refractivity contribution in [2.24, 2.45) is 4.99 Å². The minimum absolute atomic E-state index is 0.0513. The van der Waals surface area contributed by atoms with Crippen LogP contribution in [0.15, 0.2) is 53.7 Å². The molecule has 5 heteroatoms. The van der Waals surface area contributed by atoms with Gasteiger partial charge < -0.3 is 4.90 Å². The van der Waals surface area contributed by atoms with E-state index in [1.165, 1.54) is 0 Å². The van der Waals surface area contributed by atoms with E-state index in [0.717, 1.165) is 30.1 Å². The first kappa shape index (κ1) is 16.1. The van der Waals surface area contributed by atoms with Gasteiger partial charge in [0.05, 0.1) is 11.4 Å². The summed E-state index contributed by atoms with van der Waals surface area (Å²) in [5, 5.41) is 0. The number of aliphatic imine (C=N–C) groups is 1. The van der Waals surface area contributed by atoms with Crippen LogP contribution in [0.2, 0.25) is 0 Å². The largest absolute Gasteiger partial charge is 0.312 e. The molecule has 24 heavy (non-hydrogen) atoms. The van der Waals surface area contributed by atoms with Crippen LogP contribution >= 0.6 is 0 Å². The molecule has 1 fully saturated rings. The molecule has 0 saturated carbocycles. The van der Waals surface area contributed by atoms with Crippen molar-refractivity contribution in [2.75, 3.05) is 18.0 Å². The van der Waals surface area contributed by atoms with E-state index in [0.29, 0.717) is 12.0 Å². The van der Waals surface area contributed by atoms with Crippen LogP contribution in [0.4, 0.5) is 5.69 Å². The number of ketones is 1. The molecule has 0 unspecified atom stereocenters. The van der Waals surface area contributed by atoms with Gasteiger partial charge in [-0.1, -0.05) is 6.07 Å². The van der Waals surface area contributed by atoms with Gasteiger partial charge in [-0.3, -0.25) is 19.6 Å². The SMILES string of the molecule is CC(=NCC(=O)c1ccc(N2CCCC2=O)cc1)c1ccccn1. The smallest absolute Gasteiger partial charge is 0.227 e. The summed E-state index contributed by atoms with van der Waals surface area (Å²) < 4.78 is 0. The van der Waals surface area contributed by atoms with Crippen LogP contribution in [0.25, 0.3) is 0 Å². The lowest BCUT2D eigenvalue weighted by molar-refractivity contribution is -0.117. The highest BCUT2D eigenvalue weighted by Crippen LogP contribution is 2.21. The maximum atomic E-state index is 12.3. The van der Waals surface area contributed by atoms with E-state index in [4.69, 9.17) is 0 Å². The Balaban J connectivity index is 1.66. The van der Waals surface area contributed by atoms with E-state index in [1.54, 1.807) is 23.2 Å². The molecule has 0 bridgehead atoms. The van der Waals surface area contributed by atoms with Crippen molar-refractivity contribution >= 4 is 23.1 Å². The summed E-state index contributed by atoms with van der Waals surface area (Å²) in [5.41, 5.74) is 2.96. The lowest BCUT2D eigenvalue weighted by atomic mass is 10.1. The third-order valence-corrected chi connectivity index (χ3v) is 4.07. The van der Waals surface area contributed by atoms with Gasteiger partial charge in [0.15, 0.2) is 5.78 Å². The number of carbonyl (C=O) groups is 2. The van der Waals surface area contributed by atoms with Gasteiger partial charge in [0.1, 0.15) is 6.54 Å². The quantitative estimate of drug-likeness (QED) is 0.628. The highest BCUT2D eigenvalue weighted by Gasteiger charge is 2.21. The predicted octanol–water partition coefficient (Wildman–Crippen LogP) is 2.90. The molecule has 0 spiro atoms. The number of pyridine rings is 1. The van der Waals surface area contributed by atoms with Gasteiger partial charge in [-0.25, -0.2) is 0 Å². The number of hydrogen-bond acceptors (Lipinski definition) is 4. The number of benzene rings is 1. The molecule has 1 saturated heterocycles. The van der Waals surface area contributed by atoms with Crippen LogP contribution in [0, 0.1) is 0 Å². The second-order valence-electron chi connectivity index (χ2n) is 5.74. The molecule has 0 atom stereocenters. The third kappa shape index (κ3) is 3.56. The Hall–Kier alpha value is -2.82. The van der Waals surface area contributed by atoms with Crippen molar-refractivity contribution in [3.8, 4) is 0 Å². The van der Waals surface area contributed by atoms with Crippen LogP contribution < -0.4 is 4.90 Å². The molecule has 0 radical (unpaired) electrons. The molecule has 1 amide bonds. The molecule has 2 heterocycles. The molecule has 1 aromatic carbocycles. The van der Waals surface area contributed by atoms with Crippen molar-refractivity contribution in [3.63, 3.8) is 0 Å². The van der Waals surface area contributed by atoms with Crippen LogP contribution in [0.1, 0.15) is 35.8 Å². The molecule has 0 N–H and O–H groups in total. The fourth-order valence-corrected chi connectivity index (χ4v) is 2.69. The number of aromatic nitrogens is 1. The topological polar surface area (TPSA) is 62.6 Å². The number of hydrogen-bond donors (Lipinski definition) is 0. The fraction of sp³-hybridized carbons (Fsp3) is 0.263. The average molecular weight is 321 g/mol. The number of nitrogens with zero attached hydrogens (tertiary/aromatic N) is 3. The van der Waals surface area contributed by atoms with Gasteiger partial charge in [-0.2, -0.15) is 0 Å². The normalized spacial score (nSPS) is 15.0. The van der Waals surface area contributed by atoms with Gasteiger partial charge in [0, 0.05) is 30.4 Å². The Morgan fingerprint density at radius 1 is 1.21 bits per heavy atom.